The fourth-order valence-electron chi connectivity index (χ4n) is 3.86. The number of nitrogens with zero attached hydrogens (tertiary/aromatic N) is 1. The van der Waals surface area contributed by atoms with Crippen molar-refractivity contribution < 1.29 is 22.7 Å². The van der Waals surface area contributed by atoms with Gasteiger partial charge in [-0.15, -0.1) is 0 Å². The van der Waals surface area contributed by atoms with E-state index in [1.165, 1.54) is 0 Å². The number of ether oxygens (including phenoxy) is 1. The number of H-pyrrole nitrogens is 1. The van der Waals surface area contributed by atoms with Crippen LogP contribution in [0.4, 0.5) is 0 Å². The third-order valence-electron chi connectivity index (χ3n) is 5.59. The molecule has 0 spiro atoms. The number of fused-ring (bicyclic) bond motifs is 1. The quantitative estimate of drug-likeness (QED) is 0.662. The average molecular weight is 421 g/mol. The molecule has 3 rings (SSSR count). The Labute approximate surface area is 171 Å². The van der Waals surface area contributed by atoms with Crippen molar-refractivity contribution >= 4 is 32.6 Å². The first kappa shape index (κ1) is 21.4. The molecule has 1 saturated heterocycles. The number of aromatic nitrogens is 1. The van der Waals surface area contributed by atoms with Crippen molar-refractivity contribution in [2.24, 2.45) is 0 Å². The predicted molar refractivity (Wildman–Crippen MR) is 111 cm³/mol. The van der Waals surface area contributed by atoms with Crippen LogP contribution < -0.4 is 0 Å². The van der Waals surface area contributed by atoms with E-state index in [1.54, 1.807) is 4.90 Å². The minimum atomic E-state index is -3.10. The SMILES string of the molecule is CC[C@H](C)N(C(=O)COC(=O)CCc1c[nH]c2ccccc12)[C@@H]1CCS(=O)(=O)C1. The third kappa shape index (κ3) is 5.18. The van der Waals surface area contributed by atoms with Gasteiger partial charge in [-0.2, -0.15) is 0 Å². The van der Waals surface area contributed by atoms with Gasteiger partial charge in [0.25, 0.3) is 5.91 Å². The lowest BCUT2D eigenvalue weighted by atomic mass is 10.1. The molecule has 7 nitrogen and oxygen atoms in total. The first-order valence-electron chi connectivity index (χ1n) is 10.0. The minimum absolute atomic E-state index is 0.0163. The van der Waals surface area contributed by atoms with Gasteiger partial charge in [-0.3, -0.25) is 9.59 Å². The maximum absolute atomic E-state index is 12.7. The number of nitrogens with one attached hydrogen (secondary N) is 1. The number of benzene rings is 1. The molecule has 0 unspecified atom stereocenters. The Morgan fingerprint density at radius 2 is 2.07 bits per heavy atom. The maximum atomic E-state index is 12.7. The summed E-state index contributed by atoms with van der Waals surface area (Å²) >= 11 is 0. The predicted octanol–water partition coefficient (Wildman–Crippen LogP) is 2.46. The number of rotatable bonds is 8. The highest BCUT2D eigenvalue weighted by Gasteiger charge is 2.36. The van der Waals surface area contributed by atoms with Gasteiger partial charge in [0.2, 0.25) is 0 Å². The van der Waals surface area contributed by atoms with Gasteiger partial charge in [-0.25, -0.2) is 8.42 Å². The van der Waals surface area contributed by atoms with E-state index in [9.17, 15) is 18.0 Å². The molecule has 0 saturated carbocycles. The topological polar surface area (TPSA) is 96.5 Å². The van der Waals surface area contributed by atoms with Crippen LogP contribution >= 0.6 is 0 Å². The molecule has 1 aromatic carbocycles. The molecule has 29 heavy (non-hydrogen) atoms. The molecule has 1 aliphatic rings. The van der Waals surface area contributed by atoms with Gasteiger partial charge in [0, 0.05) is 35.6 Å². The number of carbonyl (C=O) groups excluding carboxylic acids is 2. The van der Waals surface area contributed by atoms with Crippen molar-refractivity contribution in [3.63, 3.8) is 0 Å². The number of hydrogen-bond donors (Lipinski definition) is 1. The van der Waals surface area contributed by atoms with E-state index < -0.39 is 15.8 Å². The first-order valence-corrected chi connectivity index (χ1v) is 11.8. The summed E-state index contributed by atoms with van der Waals surface area (Å²) in [4.78, 5) is 29.6. The summed E-state index contributed by atoms with van der Waals surface area (Å²) in [6, 6.07) is 7.42. The third-order valence-corrected chi connectivity index (χ3v) is 7.34. The van der Waals surface area contributed by atoms with Gasteiger partial charge in [-0.05, 0) is 37.8 Å². The summed E-state index contributed by atoms with van der Waals surface area (Å²) in [6.07, 6.45) is 3.72. The van der Waals surface area contributed by atoms with E-state index >= 15 is 0 Å². The highest BCUT2D eigenvalue weighted by molar-refractivity contribution is 7.91. The average Bonchev–Trinajstić information content (AvgIpc) is 3.27. The fraction of sp³-hybridized carbons (Fsp3) is 0.524. The molecule has 2 heterocycles. The summed E-state index contributed by atoms with van der Waals surface area (Å²) in [5, 5.41) is 1.07. The second-order valence-electron chi connectivity index (χ2n) is 7.64. The lowest BCUT2D eigenvalue weighted by molar-refractivity contribution is -0.154. The van der Waals surface area contributed by atoms with Crippen molar-refractivity contribution in [3.05, 3.63) is 36.0 Å². The number of amides is 1. The van der Waals surface area contributed by atoms with Crippen molar-refractivity contribution in [2.75, 3.05) is 18.1 Å². The molecule has 1 amide bonds. The van der Waals surface area contributed by atoms with Crippen molar-refractivity contribution in [2.45, 2.75) is 51.6 Å². The Bertz CT molecular complexity index is 982. The monoisotopic (exact) mass is 420 g/mol. The maximum Gasteiger partial charge on any atom is 0.306 e. The summed E-state index contributed by atoms with van der Waals surface area (Å²) < 4.78 is 28.8. The highest BCUT2D eigenvalue weighted by Crippen LogP contribution is 2.22. The summed E-state index contributed by atoms with van der Waals surface area (Å²) in [7, 11) is -3.10. The van der Waals surface area contributed by atoms with Crippen LogP contribution in [0, 0.1) is 0 Å². The van der Waals surface area contributed by atoms with E-state index in [2.05, 4.69) is 4.98 Å². The number of aryl methyl sites for hydroxylation is 1. The van der Waals surface area contributed by atoms with Gasteiger partial charge < -0.3 is 14.6 Å². The molecule has 2 aromatic rings. The standard InChI is InChI=1S/C21H28N2O5S/c1-3-15(2)23(17-10-11-29(26,27)14-17)20(24)13-28-21(25)9-8-16-12-22-19-7-5-4-6-18(16)19/h4-7,12,15,17,22H,3,8-11,13-14H2,1-2H3/t15-,17+/m0/s1. The van der Waals surface area contributed by atoms with Crippen LogP contribution in [0.25, 0.3) is 10.9 Å². The lowest BCUT2D eigenvalue weighted by Crippen LogP contribution is -2.48. The van der Waals surface area contributed by atoms with E-state index in [0.29, 0.717) is 19.3 Å². The van der Waals surface area contributed by atoms with Gasteiger partial charge >= 0.3 is 5.97 Å². The Morgan fingerprint density at radius 1 is 1.31 bits per heavy atom. The Hall–Kier alpha value is -2.35. The van der Waals surface area contributed by atoms with Crippen molar-refractivity contribution in [3.8, 4) is 0 Å². The largest absolute Gasteiger partial charge is 0.456 e. The second kappa shape index (κ2) is 8.98. The van der Waals surface area contributed by atoms with Crippen LogP contribution in [0.15, 0.2) is 30.5 Å². The molecule has 158 valence electrons. The number of hydrogen-bond acceptors (Lipinski definition) is 5. The van der Waals surface area contributed by atoms with Crippen LogP contribution in [-0.2, 0) is 30.6 Å². The molecule has 1 N–H and O–H groups in total. The van der Waals surface area contributed by atoms with Gasteiger partial charge in [0.15, 0.2) is 16.4 Å². The molecular weight excluding hydrogens is 392 g/mol. The van der Waals surface area contributed by atoms with Crippen LogP contribution in [-0.4, -0.2) is 60.4 Å². The Morgan fingerprint density at radius 3 is 2.76 bits per heavy atom. The molecule has 2 atom stereocenters. The molecule has 1 aliphatic heterocycles. The Kier molecular flexibility index (Phi) is 6.62. The molecular formula is C21H28N2O5S. The summed E-state index contributed by atoms with van der Waals surface area (Å²) in [5.41, 5.74) is 2.04. The van der Waals surface area contributed by atoms with Crippen molar-refractivity contribution in [1.82, 2.24) is 9.88 Å². The van der Waals surface area contributed by atoms with E-state index in [0.717, 1.165) is 16.5 Å². The van der Waals surface area contributed by atoms with E-state index in [-0.39, 0.29) is 42.5 Å². The first-order chi connectivity index (χ1) is 13.8. The number of para-hydroxylation sites is 1. The number of sulfone groups is 1. The zero-order valence-corrected chi connectivity index (χ0v) is 17.7. The number of carbonyl (C=O) groups is 2. The van der Waals surface area contributed by atoms with Crippen LogP contribution in [0.2, 0.25) is 0 Å². The molecule has 1 fully saturated rings. The highest BCUT2D eigenvalue weighted by atomic mass is 32.2. The van der Waals surface area contributed by atoms with Gasteiger partial charge in [0.1, 0.15) is 0 Å². The van der Waals surface area contributed by atoms with Gasteiger partial charge in [0.05, 0.1) is 11.5 Å². The van der Waals surface area contributed by atoms with E-state index in [4.69, 9.17) is 4.74 Å². The minimum Gasteiger partial charge on any atom is -0.456 e. The molecule has 0 radical (unpaired) electrons. The fourth-order valence-corrected chi connectivity index (χ4v) is 5.58. The zero-order valence-electron chi connectivity index (χ0n) is 16.9. The smallest absolute Gasteiger partial charge is 0.306 e. The summed E-state index contributed by atoms with van der Waals surface area (Å²) in [5.74, 6) is -0.687. The zero-order chi connectivity index (χ0) is 21.0. The molecule has 1 aromatic heterocycles. The van der Waals surface area contributed by atoms with Crippen LogP contribution in [0.5, 0.6) is 0 Å². The number of esters is 1. The molecule has 8 heteroatoms. The Balaban J connectivity index is 1.54. The van der Waals surface area contributed by atoms with E-state index in [1.807, 2.05) is 44.3 Å². The van der Waals surface area contributed by atoms with Crippen LogP contribution in [0.1, 0.15) is 38.7 Å². The number of aromatic amines is 1. The lowest BCUT2D eigenvalue weighted by Gasteiger charge is -2.33. The van der Waals surface area contributed by atoms with Gasteiger partial charge in [-0.1, -0.05) is 25.1 Å². The summed E-state index contributed by atoms with van der Waals surface area (Å²) in [6.45, 7) is 3.48. The van der Waals surface area contributed by atoms with Crippen LogP contribution in [0.3, 0.4) is 0 Å². The molecule has 0 aliphatic carbocycles. The van der Waals surface area contributed by atoms with Crippen molar-refractivity contribution in [1.29, 1.82) is 0 Å². The second-order valence-corrected chi connectivity index (χ2v) is 9.86. The molecule has 0 bridgehead atoms. The normalized spacial score (nSPS) is 19.2.